The highest BCUT2D eigenvalue weighted by Gasteiger charge is 2.11. The standard InChI is InChI=1S/C9H5BrClN3O2/c10-6-2-1-5(16-6)9(15)14-8-4-12-3-7(11)13-8/h1-4H,(H,13,14,15). The van der Waals surface area contributed by atoms with E-state index in [9.17, 15) is 4.79 Å². The summed E-state index contributed by atoms with van der Waals surface area (Å²) in [6, 6.07) is 3.16. The van der Waals surface area contributed by atoms with E-state index in [0.29, 0.717) is 4.67 Å². The van der Waals surface area contributed by atoms with Gasteiger partial charge < -0.3 is 9.73 Å². The van der Waals surface area contributed by atoms with Crippen LogP contribution in [0, 0.1) is 0 Å². The fourth-order valence-corrected chi connectivity index (χ4v) is 1.47. The molecule has 0 fully saturated rings. The molecule has 16 heavy (non-hydrogen) atoms. The highest BCUT2D eigenvalue weighted by Crippen LogP contribution is 2.15. The third-order valence-corrected chi connectivity index (χ3v) is 2.25. The van der Waals surface area contributed by atoms with E-state index in [2.05, 4.69) is 31.2 Å². The molecule has 0 aromatic carbocycles. The number of nitrogens with one attached hydrogen (secondary N) is 1. The minimum Gasteiger partial charge on any atom is -0.444 e. The predicted molar refractivity (Wildman–Crippen MR) is 61.4 cm³/mol. The average molecular weight is 303 g/mol. The van der Waals surface area contributed by atoms with Crippen molar-refractivity contribution in [2.45, 2.75) is 0 Å². The molecule has 82 valence electrons. The second-order valence-corrected chi connectivity index (χ2v) is 3.95. The van der Waals surface area contributed by atoms with E-state index in [0.717, 1.165) is 0 Å². The summed E-state index contributed by atoms with van der Waals surface area (Å²) < 4.78 is 5.55. The Morgan fingerprint density at radius 3 is 2.88 bits per heavy atom. The van der Waals surface area contributed by atoms with E-state index in [1.165, 1.54) is 18.5 Å². The molecule has 2 aromatic rings. The second-order valence-electron chi connectivity index (χ2n) is 2.78. The third kappa shape index (κ3) is 2.59. The normalized spacial score (nSPS) is 10.1. The van der Waals surface area contributed by atoms with Crippen LogP contribution in [0.3, 0.4) is 0 Å². The topological polar surface area (TPSA) is 68.0 Å². The van der Waals surface area contributed by atoms with E-state index in [1.807, 2.05) is 0 Å². The lowest BCUT2D eigenvalue weighted by molar-refractivity contribution is 0.0995. The van der Waals surface area contributed by atoms with Crippen molar-refractivity contribution >= 4 is 39.3 Å². The molecule has 0 unspecified atom stereocenters. The van der Waals surface area contributed by atoms with Crippen LogP contribution in [0.2, 0.25) is 5.15 Å². The number of aromatic nitrogens is 2. The van der Waals surface area contributed by atoms with Gasteiger partial charge in [0.15, 0.2) is 16.2 Å². The Morgan fingerprint density at radius 2 is 2.25 bits per heavy atom. The molecule has 2 aromatic heterocycles. The number of furan rings is 1. The zero-order valence-corrected chi connectivity index (χ0v) is 10.1. The molecular weight excluding hydrogens is 297 g/mol. The molecule has 7 heteroatoms. The van der Waals surface area contributed by atoms with Gasteiger partial charge in [-0.15, -0.1) is 0 Å². The van der Waals surface area contributed by atoms with Crippen LogP contribution in [0.1, 0.15) is 10.6 Å². The predicted octanol–water partition coefficient (Wildman–Crippen LogP) is 2.74. The summed E-state index contributed by atoms with van der Waals surface area (Å²) in [4.78, 5) is 19.3. The van der Waals surface area contributed by atoms with Crippen molar-refractivity contribution in [1.29, 1.82) is 0 Å². The smallest absolute Gasteiger partial charge is 0.292 e. The van der Waals surface area contributed by atoms with Gasteiger partial charge in [-0.25, -0.2) is 4.98 Å². The Bertz CT molecular complexity index is 529. The summed E-state index contributed by atoms with van der Waals surface area (Å²) in [5.41, 5.74) is 0. The molecule has 5 nitrogen and oxygen atoms in total. The van der Waals surface area contributed by atoms with Crippen molar-refractivity contribution in [2.75, 3.05) is 5.32 Å². The maximum Gasteiger partial charge on any atom is 0.292 e. The maximum absolute atomic E-state index is 11.6. The van der Waals surface area contributed by atoms with Crippen molar-refractivity contribution in [1.82, 2.24) is 9.97 Å². The first-order valence-electron chi connectivity index (χ1n) is 4.19. The van der Waals surface area contributed by atoms with Crippen LogP contribution in [-0.4, -0.2) is 15.9 Å². The van der Waals surface area contributed by atoms with Crippen molar-refractivity contribution < 1.29 is 9.21 Å². The SMILES string of the molecule is O=C(Nc1cncc(Cl)n1)c1ccc(Br)o1. The molecule has 2 rings (SSSR count). The zero-order chi connectivity index (χ0) is 11.5. The third-order valence-electron chi connectivity index (χ3n) is 1.64. The van der Waals surface area contributed by atoms with Crippen LogP contribution < -0.4 is 5.32 Å². The molecule has 0 atom stereocenters. The van der Waals surface area contributed by atoms with E-state index in [4.69, 9.17) is 16.0 Å². The molecule has 0 radical (unpaired) electrons. The summed E-state index contributed by atoms with van der Waals surface area (Å²) in [7, 11) is 0. The number of amides is 1. The molecule has 0 aliphatic rings. The van der Waals surface area contributed by atoms with Gasteiger partial charge in [0.1, 0.15) is 5.15 Å². The van der Waals surface area contributed by atoms with Gasteiger partial charge >= 0.3 is 0 Å². The Kier molecular flexibility index (Phi) is 3.21. The molecule has 1 amide bonds. The van der Waals surface area contributed by atoms with Crippen LogP contribution >= 0.6 is 27.5 Å². The molecular formula is C9H5BrClN3O2. The number of hydrogen-bond donors (Lipinski definition) is 1. The minimum absolute atomic E-state index is 0.175. The molecule has 0 aliphatic heterocycles. The van der Waals surface area contributed by atoms with Gasteiger partial charge in [0.2, 0.25) is 0 Å². The Balaban J connectivity index is 2.13. The van der Waals surface area contributed by atoms with Gasteiger partial charge in [-0.3, -0.25) is 9.78 Å². The molecule has 0 spiro atoms. The Morgan fingerprint density at radius 1 is 1.44 bits per heavy atom. The fourth-order valence-electron chi connectivity index (χ4n) is 1.02. The van der Waals surface area contributed by atoms with Gasteiger partial charge in [-0.1, -0.05) is 11.6 Å². The Labute approximate surface area is 104 Å². The molecule has 0 bridgehead atoms. The van der Waals surface area contributed by atoms with Crippen molar-refractivity contribution in [3.8, 4) is 0 Å². The minimum atomic E-state index is -0.415. The number of hydrogen-bond acceptors (Lipinski definition) is 4. The monoisotopic (exact) mass is 301 g/mol. The van der Waals surface area contributed by atoms with Crippen LogP contribution in [0.15, 0.2) is 33.6 Å². The lowest BCUT2D eigenvalue weighted by atomic mass is 10.4. The molecule has 1 N–H and O–H groups in total. The summed E-state index contributed by atoms with van der Waals surface area (Å²) >= 11 is 8.72. The first-order chi connectivity index (χ1) is 7.65. The van der Waals surface area contributed by atoms with Gasteiger partial charge in [0.05, 0.1) is 12.4 Å². The molecule has 0 saturated carbocycles. The number of carbonyl (C=O) groups is 1. The van der Waals surface area contributed by atoms with E-state index in [-0.39, 0.29) is 16.7 Å². The van der Waals surface area contributed by atoms with Crippen molar-refractivity contribution in [3.05, 3.63) is 40.1 Å². The molecule has 2 heterocycles. The van der Waals surface area contributed by atoms with Crippen molar-refractivity contribution in [3.63, 3.8) is 0 Å². The zero-order valence-electron chi connectivity index (χ0n) is 7.78. The molecule has 0 aliphatic carbocycles. The Hall–Kier alpha value is -1.40. The number of anilines is 1. The highest BCUT2D eigenvalue weighted by atomic mass is 79.9. The van der Waals surface area contributed by atoms with Crippen molar-refractivity contribution in [2.24, 2.45) is 0 Å². The fraction of sp³-hybridized carbons (Fsp3) is 0. The quantitative estimate of drug-likeness (QED) is 0.926. The van der Waals surface area contributed by atoms with E-state index < -0.39 is 5.91 Å². The lowest BCUT2D eigenvalue weighted by Gasteiger charge is -2.00. The van der Waals surface area contributed by atoms with Crippen LogP contribution in [-0.2, 0) is 0 Å². The largest absolute Gasteiger partial charge is 0.444 e. The van der Waals surface area contributed by atoms with Gasteiger partial charge in [-0.2, -0.15) is 0 Å². The molecule has 0 saturated heterocycles. The highest BCUT2D eigenvalue weighted by molar-refractivity contribution is 9.10. The van der Waals surface area contributed by atoms with Crippen LogP contribution in [0.25, 0.3) is 0 Å². The van der Waals surface area contributed by atoms with Gasteiger partial charge in [0, 0.05) is 0 Å². The maximum atomic E-state index is 11.6. The number of halogens is 2. The number of rotatable bonds is 2. The average Bonchev–Trinajstić information content (AvgIpc) is 2.65. The van der Waals surface area contributed by atoms with Crippen LogP contribution in [0.4, 0.5) is 5.82 Å². The second kappa shape index (κ2) is 4.63. The van der Waals surface area contributed by atoms with Gasteiger partial charge in [-0.05, 0) is 28.1 Å². The number of carbonyl (C=O) groups excluding carboxylic acids is 1. The number of nitrogens with zero attached hydrogens (tertiary/aromatic N) is 2. The van der Waals surface area contributed by atoms with E-state index >= 15 is 0 Å². The summed E-state index contributed by atoms with van der Waals surface area (Å²) in [6.45, 7) is 0. The summed E-state index contributed by atoms with van der Waals surface area (Å²) in [6.07, 6.45) is 2.77. The van der Waals surface area contributed by atoms with E-state index in [1.54, 1.807) is 6.07 Å². The van der Waals surface area contributed by atoms with Crippen LogP contribution in [0.5, 0.6) is 0 Å². The first-order valence-corrected chi connectivity index (χ1v) is 5.36. The summed E-state index contributed by atoms with van der Waals surface area (Å²) in [5.74, 6) is 0.0286. The van der Waals surface area contributed by atoms with Gasteiger partial charge in [0.25, 0.3) is 5.91 Å². The first kappa shape index (κ1) is 11.1. The lowest BCUT2D eigenvalue weighted by Crippen LogP contribution is -2.12. The summed E-state index contributed by atoms with van der Waals surface area (Å²) in [5, 5.41) is 2.71.